The third-order valence-electron chi connectivity index (χ3n) is 7.67. The van der Waals surface area contributed by atoms with Gasteiger partial charge in [-0.3, -0.25) is 14.3 Å². The van der Waals surface area contributed by atoms with Gasteiger partial charge in [-0.25, -0.2) is 4.79 Å². The van der Waals surface area contributed by atoms with Crippen molar-refractivity contribution in [3.63, 3.8) is 0 Å². The van der Waals surface area contributed by atoms with E-state index in [1.165, 1.54) is 0 Å². The number of carbonyl (C=O) groups excluding carboxylic acids is 2. The summed E-state index contributed by atoms with van der Waals surface area (Å²) in [5.41, 5.74) is 2.83. The predicted molar refractivity (Wildman–Crippen MR) is 153 cm³/mol. The lowest BCUT2D eigenvalue weighted by molar-refractivity contribution is 0.0338. The van der Waals surface area contributed by atoms with Crippen LogP contribution in [0.15, 0.2) is 109 Å². The smallest absolute Gasteiger partial charge is 0.325 e. The summed E-state index contributed by atoms with van der Waals surface area (Å²) in [5.74, 6) is 1.07. The Morgan fingerprint density at radius 2 is 1.77 bits per heavy atom. The van der Waals surface area contributed by atoms with Crippen molar-refractivity contribution in [3.8, 4) is 11.5 Å². The molecule has 2 aliphatic rings. The van der Waals surface area contributed by atoms with Crippen LogP contribution in [0.3, 0.4) is 0 Å². The van der Waals surface area contributed by atoms with Gasteiger partial charge in [0.05, 0.1) is 17.2 Å². The summed E-state index contributed by atoms with van der Waals surface area (Å²) in [7, 11) is 0. The molecule has 1 aromatic heterocycles. The molecule has 4 aromatic carbocycles. The van der Waals surface area contributed by atoms with Crippen molar-refractivity contribution in [2.45, 2.75) is 31.7 Å². The molecule has 0 radical (unpaired) electrons. The number of ether oxygens (including phenoxy) is 2. The quantitative estimate of drug-likeness (QED) is 0.276. The van der Waals surface area contributed by atoms with Gasteiger partial charge in [0.15, 0.2) is 17.2 Å². The van der Waals surface area contributed by atoms with E-state index in [2.05, 4.69) is 5.32 Å². The predicted octanol–water partition coefficient (Wildman–Crippen LogP) is 6.68. The van der Waals surface area contributed by atoms with Gasteiger partial charge in [-0.1, -0.05) is 66.7 Å². The van der Waals surface area contributed by atoms with Crippen LogP contribution in [0.5, 0.6) is 11.5 Å². The molecule has 0 spiro atoms. The second kappa shape index (κ2) is 9.31. The van der Waals surface area contributed by atoms with Crippen LogP contribution in [0.1, 0.15) is 40.9 Å². The Kier molecular flexibility index (Phi) is 5.59. The molecule has 7 nitrogen and oxygen atoms in total. The lowest BCUT2D eigenvalue weighted by atomic mass is 9.89. The summed E-state index contributed by atoms with van der Waals surface area (Å²) in [6.45, 7) is 2.31. The largest absolute Gasteiger partial charge is 0.485 e. The lowest BCUT2D eigenvalue weighted by Gasteiger charge is -2.50. The number of carbonyl (C=O) groups is 2. The highest BCUT2D eigenvalue weighted by molar-refractivity contribution is 6.03. The van der Waals surface area contributed by atoms with Gasteiger partial charge < -0.3 is 14.8 Å². The number of hydrogen-bond donors (Lipinski definition) is 1. The maximum atomic E-state index is 13.5. The molecule has 1 N–H and O–H groups in total. The Morgan fingerprint density at radius 3 is 2.65 bits per heavy atom. The number of aromatic nitrogens is 1. The molecule has 0 saturated carbocycles. The molecular formula is C33H27N3O4. The van der Waals surface area contributed by atoms with Crippen LogP contribution >= 0.6 is 0 Å². The van der Waals surface area contributed by atoms with Gasteiger partial charge in [0.1, 0.15) is 6.61 Å². The van der Waals surface area contributed by atoms with E-state index in [0.29, 0.717) is 35.8 Å². The van der Waals surface area contributed by atoms with Crippen LogP contribution in [0.25, 0.3) is 10.9 Å². The highest BCUT2D eigenvalue weighted by Crippen LogP contribution is 2.49. The lowest BCUT2D eigenvalue weighted by Crippen LogP contribution is -2.65. The van der Waals surface area contributed by atoms with Crippen molar-refractivity contribution in [1.29, 1.82) is 0 Å². The van der Waals surface area contributed by atoms with Crippen molar-refractivity contribution in [1.82, 2.24) is 9.88 Å². The minimum atomic E-state index is -0.992. The number of hydrogen-bond acceptors (Lipinski definition) is 4. The number of fused-ring (bicyclic) bond motifs is 5. The Hall–Kier alpha value is -5.04. The number of rotatable bonds is 5. The van der Waals surface area contributed by atoms with Crippen molar-refractivity contribution in [2.24, 2.45) is 0 Å². The molecule has 5 aromatic rings. The van der Waals surface area contributed by atoms with Crippen LogP contribution < -0.4 is 19.7 Å². The molecule has 2 atom stereocenters. The number of para-hydroxylation sites is 2. The summed E-state index contributed by atoms with van der Waals surface area (Å²) >= 11 is 0. The number of nitrogens with one attached hydrogen (secondary N) is 1. The zero-order valence-electron chi connectivity index (χ0n) is 21.9. The molecule has 1 saturated heterocycles. The molecule has 0 aliphatic carbocycles. The fourth-order valence-electron chi connectivity index (χ4n) is 5.78. The Bertz CT molecular complexity index is 1760. The van der Waals surface area contributed by atoms with Crippen molar-refractivity contribution >= 4 is 28.5 Å². The van der Waals surface area contributed by atoms with Crippen molar-refractivity contribution in [2.75, 3.05) is 4.90 Å². The number of benzene rings is 4. The molecule has 2 bridgehead atoms. The average Bonchev–Trinajstić information content (AvgIpc) is 3.40. The highest BCUT2D eigenvalue weighted by atomic mass is 16.5. The van der Waals surface area contributed by atoms with Crippen LogP contribution in [-0.2, 0) is 6.61 Å². The second-order valence-corrected chi connectivity index (χ2v) is 10.4. The fourth-order valence-corrected chi connectivity index (χ4v) is 5.78. The van der Waals surface area contributed by atoms with Crippen molar-refractivity contribution in [3.05, 3.63) is 126 Å². The number of anilines is 1. The molecule has 3 heterocycles. The normalized spacial score (nSPS) is 19.5. The maximum absolute atomic E-state index is 13.5. The molecule has 7 heteroatoms. The van der Waals surface area contributed by atoms with E-state index in [-0.39, 0.29) is 18.0 Å². The van der Waals surface area contributed by atoms with E-state index >= 15 is 0 Å². The first kappa shape index (κ1) is 24.0. The number of amides is 2. The maximum Gasteiger partial charge on any atom is 0.325 e. The van der Waals surface area contributed by atoms with Crippen LogP contribution in [0.2, 0.25) is 0 Å². The van der Waals surface area contributed by atoms with Gasteiger partial charge in [-0.15, -0.1) is 0 Å². The first-order valence-electron chi connectivity index (χ1n) is 13.3. The standard InChI is InChI=1S/C33H27N3O4/c1-33-20-27(26-14-8-16-29(30(26)40-33)39-21-22-9-3-2-4-10-22)34-32(38)36(33)25-13-7-12-24(19-25)31(37)35-18-17-23-11-5-6-15-28(23)35/h2-19,27H,20-21H2,1H3,(H,34,38). The van der Waals surface area contributed by atoms with Gasteiger partial charge in [-0.2, -0.15) is 0 Å². The topological polar surface area (TPSA) is 72.8 Å². The minimum absolute atomic E-state index is 0.171. The minimum Gasteiger partial charge on any atom is -0.485 e. The van der Waals surface area contributed by atoms with E-state index < -0.39 is 5.72 Å². The van der Waals surface area contributed by atoms with E-state index in [9.17, 15) is 9.59 Å². The van der Waals surface area contributed by atoms with Crippen molar-refractivity contribution < 1.29 is 19.1 Å². The molecule has 2 aliphatic heterocycles. The third kappa shape index (κ3) is 3.98. The fraction of sp³-hybridized carbons (Fsp3) is 0.152. The molecule has 2 amide bonds. The van der Waals surface area contributed by atoms with Gasteiger partial charge in [0.25, 0.3) is 5.91 Å². The van der Waals surface area contributed by atoms with Gasteiger partial charge in [0, 0.05) is 29.1 Å². The highest BCUT2D eigenvalue weighted by Gasteiger charge is 2.50. The Morgan fingerprint density at radius 1 is 0.975 bits per heavy atom. The average molecular weight is 530 g/mol. The SMILES string of the molecule is CC12CC(NC(=O)N1c1cccc(C(=O)n3ccc4ccccc43)c1)c1cccc(OCc3ccccc3)c1O2. The monoisotopic (exact) mass is 529 g/mol. The van der Waals surface area contributed by atoms with E-state index in [1.54, 1.807) is 33.9 Å². The number of urea groups is 1. The molecular weight excluding hydrogens is 502 g/mol. The molecule has 7 rings (SSSR count). The first-order chi connectivity index (χ1) is 19.5. The third-order valence-corrected chi connectivity index (χ3v) is 7.67. The summed E-state index contributed by atoms with van der Waals surface area (Å²) < 4.78 is 14.5. The van der Waals surface area contributed by atoms with Gasteiger partial charge in [0.2, 0.25) is 0 Å². The summed E-state index contributed by atoms with van der Waals surface area (Å²) in [6.07, 6.45) is 2.31. The van der Waals surface area contributed by atoms with Gasteiger partial charge in [-0.05, 0) is 48.9 Å². The zero-order valence-corrected chi connectivity index (χ0v) is 21.9. The molecule has 40 heavy (non-hydrogen) atoms. The Labute approximate surface area is 231 Å². The zero-order chi connectivity index (χ0) is 27.3. The summed E-state index contributed by atoms with van der Waals surface area (Å²) in [5, 5.41) is 4.13. The summed E-state index contributed by atoms with van der Waals surface area (Å²) in [6, 6.07) is 32.0. The first-order valence-corrected chi connectivity index (χ1v) is 13.3. The second-order valence-electron chi connectivity index (χ2n) is 10.4. The van der Waals surface area contributed by atoms with Crippen LogP contribution in [0.4, 0.5) is 10.5 Å². The van der Waals surface area contributed by atoms with E-state index in [4.69, 9.17) is 9.47 Å². The van der Waals surface area contributed by atoms with Crippen LogP contribution in [-0.4, -0.2) is 22.2 Å². The number of nitrogens with zero attached hydrogens (tertiary/aromatic N) is 2. The van der Waals surface area contributed by atoms with E-state index in [1.807, 2.05) is 91.9 Å². The Balaban J connectivity index is 1.21. The molecule has 2 unspecified atom stereocenters. The van der Waals surface area contributed by atoms with Crippen LogP contribution in [0, 0.1) is 0 Å². The van der Waals surface area contributed by atoms with Gasteiger partial charge >= 0.3 is 6.03 Å². The molecule has 198 valence electrons. The summed E-state index contributed by atoms with van der Waals surface area (Å²) in [4.78, 5) is 28.6. The molecule has 1 fully saturated rings. The van der Waals surface area contributed by atoms with E-state index in [0.717, 1.165) is 22.0 Å².